The van der Waals surface area contributed by atoms with Crippen LogP contribution in [0.15, 0.2) is 12.7 Å². The van der Waals surface area contributed by atoms with E-state index in [1.54, 1.807) is 6.08 Å². The highest BCUT2D eigenvalue weighted by Crippen LogP contribution is 1.38. The molecule has 0 spiro atoms. The second-order valence-electron chi connectivity index (χ2n) is 0.408. The van der Waals surface area contributed by atoms with E-state index in [2.05, 4.69) is 12.5 Å². The minimum Gasteiger partial charge on any atom is -0.320 e. The highest BCUT2D eigenvalue weighted by atomic mass is 16.4. The minimum absolute atomic E-state index is 1.75. The molecule has 0 aromatic rings. The first-order valence-corrected chi connectivity index (χ1v) is 1.24. The van der Waals surface area contributed by atoms with Crippen LogP contribution < -0.4 is 5.90 Å². The molecule has 0 aliphatic carbocycles. The third-order valence-electron chi connectivity index (χ3n) is 0. The predicted octanol–water partition coefficient (Wildman–Crippen LogP) is 0.527. The van der Waals surface area contributed by atoms with Crippen LogP contribution in [0.1, 0.15) is 6.92 Å². The minimum atomic E-state index is 1.75. The van der Waals surface area contributed by atoms with Crippen LogP contribution in [0.5, 0.6) is 0 Å². The van der Waals surface area contributed by atoms with Gasteiger partial charge in [0.1, 0.15) is 0 Å². The van der Waals surface area contributed by atoms with Crippen molar-refractivity contribution in [1.29, 1.82) is 0 Å². The Labute approximate surface area is 31.9 Å². The maximum Gasteiger partial charge on any atom is -0.0473 e. The zero-order valence-electron chi connectivity index (χ0n) is 3.31. The van der Waals surface area contributed by atoms with E-state index in [0.717, 1.165) is 0 Å². The van der Waals surface area contributed by atoms with Crippen LogP contribution in [0.4, 0.5) is 0 Å². The molecular weight excluding hydrogens is 66.0 g/mol. The van der Waals surface area contributed by atoms with E-state index in [0.29, 0.717) is 0 Å². The van der Waals surface area contributed by atoms with Gasteiger partial charge in [-0.2, -0.15) is 0 Å². The van der Waals surface area contributed by atoms with Gasteiger partial charge in [0, 0.05) is 0 Å². The maximum atomic E-state index is 6.50. The van der Waals surface area contributed by atoms with Crippen molar-refractivity contribution in [1.82, 2.24) is 0 Å². The standard InChI is InChI=1S/C3H6.H3NO/c1-3-2;1-2/h3H,1H2,2H3;2H,1H2. The van der Waals surface area contributed by atoms with Crippen molar-refractivity contribution in [2.24, 2.45) is 5.90 Å². The SMILES string of the molecule is C=CC.NO. The molecular formula is C3H9NO. The molecule has 0 fully saturated rings. The van der Waals surface area contributed by atoms with Crippen molar-refractivity contribution < 1.29 is 5.21 Å². The Kier molecular flexibility index (Phi) is 105. The monoisotopic (exact) mass is 75.1 g/mol. The lowest BCUT2D eigenvalue weighted by atomic mass is 10.8. The molecule has 5 heavy (non-hydrogen) atoms. The summed E-state index contributed by atoms with van der Waals surface area (Å²) in [5.74, 6) is 3.50. The normalized spacial score (nSPS) is 3.80. The summed E-state index contributed by atoms with van der Waals surface area (Å²) >= 11 is 0. The van der Waals surface area contributed by atoms with Crippen LogP contribution in [0.2, 0.25) is 0 Å². The van der Waals surface area contributed by atoms with Crippen LogP contribution in [0.25, 0.3) is 0 Å². The van der Waals surface area contributed by atoms with E-state index in [-0.39, 0.29) is 0 Å². The molecule has 2 nitrogen and oxygen atoms in total. The van der Waals surface area contributed by atoms with Crippen molar-refractivity contribution in [3.05, 3.63) is 12.7 Å². The van der Waals surface area contributed by atoms with Crippen LogP contribution in [-0.2, 0) is 0 Å². The van der Waals surface area contributed by atoms with E-state index in [4.69, 9.17) is 5.21 Å². The fourth-order valence-electron chi connectivity index (χ4n) is 0. The zero-order chi connectivity index (χ0) is 4.71. The maximum absolute atomic E-state index is 6.50. The summed E-state index contributed by atoms with van der Waals surface area (Å²) in [4.78, 5) is 0. The first kappa shape index (κ1) is 8.82. The smallest absolute Gasteiger partial charge is 0.0473 e. The van der Waals surface area contributed by atoms with Crippen LogP contribution >= 0.6 is 0 Å². The molecule has 0 heterocycles. The lowest BCUT2D eigenvalue weighted by Gasteiger charge is -1.31. The summed E-state index contributed by atoms with van der Waals surface area (Å²) in [5.41, 5.74) is 0. The third-order valence-corrected chi connectivity index (χ3v) is 0. The Balaban J connectivity index is 0. The Morgan fingerprint density at radius 3 is 1.80 bits per heavy atom. The molecule has 2 heteroatoms. The highest BCUT2D eigenvalue weighted by molar-refractivity contribution is 4.51. The van der Waals surface area contributed by atoms with Gasteiger partial charge >= 0.3 is 0 Å². The molecule has 0 saturated heterocycles. The lowest BCUT2D eigenvalue weighted by Crippen LogP contribution is -1.72. The van der Waals surface area contributed by atoms with Crippen molar-refractivity contribution in [2.45, 2.75) is 6.92 Å². The van der Waals surface area contributed by atoms with Gasteiger partial charge in [-0.1, -0.05) is 6.08 Å². The number of hydrogen-bond acceptors (Lipinski definition) is 2. The largest absolute Gasteiger partial charge is 0.320 e. The summed E-state index contributed by atoms with van der Waals surface area (Å²) in [7, 11) is 0. The molecule has 0 radical (unpaired) electrons. The molecule has 0 aromatic carbocycles. The Bertz CT molecular complexity index is 14.4. The molecule has 0 atom stereocenters. The van der Waals surface area contributed by atoms with E-state index in [1.165, 1.54) is 0 Å². The average molecular weight is 75.1 g/mol. The molecule has 0 amide bonds. The first-order valence-electron chi connectivity index (χ1n) is 1.24. The van der Waals surface area contributed by atoms with Gasteiger partial charge in [0.2, 0.25) is 0 Å². The van der Waals surface area contributed by atoms with Gasteiger partial charge in [0.05, 0.1) is 0 Å². The van der Waals surface area contributed by atoms with Gasteiger partial charge in [0.15, 0.2) is 0 Å². The number of nitrogens with two attached hydrogens (primary N) is 1. The average Bonchev–Trinajstić information content (AvgIpc) is 1.46. The molecule has 0 aromatic heterocycles. The molecule has 0 saturated carbocycles. The first-order chi connectivity index (χ1) is 2.41. The fourth-order valence-corrected chi connectivity index (χ4v) is 0. The molecule has 3 N–H and O–H groups in total. The van der Waals surface area contributed by atoms with E-state index < -0.39 is 0 Å². The van der Waals surface area contributed by atoms with E-state index in [1.807, 2.05) is 6.92 Å². The summed E-state index contributed by atoms with van der Waals surface area (Å²) < 4.78 is 0. The van der Waals surface area contributed by atoms with Crippen LogP contribution in [0, 0.1) is 0 Å². The second kappa shape index (κ2) is 59.5. The molecule has 0 rings (SSSR count). The Morgan fingerprint density at radius 2 is 1.80 bits per heavy atom. The number of hydrogen-bond donors (Lipinski definition) is 2. The third kappa shape index (κ3) is 87.2. The molecule has 0 unspecified atom stereocenters. The molecule has 0 aliphatic rings. The predicted molar refractivity (Wildman–Crippen MR) is 21.8 cm³/mol. The van der Waals surface area contributed by atoms with Crippen molar-refractivity contribution >= 4 is 0 Å². The summed E-state index contributed by atoms with van der Waals surface area (Å²) in [5, 5.41) is 6.50. The van der Waals surface area contributed by atoms with Gasteiger partial charge in [0.25, 0.3) is 0 Å². The molecule has 32 valence electrons. The van der Waals surface area contributed by atoms with Crippen molar-refractivity contribution in [3.63, 3.8) is 0 Å². The highest BCUT2D eigenvalue weighted by Gasteiger charge is 1.15. The quantitative estimate of drug-likeness (QED) is 0.326. The Hall–Kier alpha value is -0.340. The lowest BCUT2D eigenvalue weighted by molar-refractivity contribution is 0.311. The van der Waals surface area contributed by atoms with Gasteiger partial charge in [-0.15, -0.1) is 6.58 Å². The van der Waals surface area contributed by atoms with E-state index >= 15 is 0 Å². The van der Waals surface area contributed by atoms with Crippen LogP contribution in [-0.4, -0.2) is 5.21 Å². The van der Waals surface area contributed by atoms with Crippen molar-refractivity contribution in [2.75, 3.05) is 0 Å². The topological polar surface area (TPSA) is 46.2 Å². The zero-order valence-corrected chi connectivity index (χ0v) is 3.31. The molecule has 0 aliphatic heterocycles. The Morgan fingerprint density at radius 1 is 1.80 bits per heavy atom. The van der Waals surface area contributed by atoms with E-state index in [9.17, 15) is 0 Å². The summed E-state index contributed by atoms with van der Waals surface area (Å²) in [6.07, 6.45) is 1.75. The van der Waals surface area contributed by atoms with Gasteiger partial charge in [-0.25, -0.2) is 5.90 Å². The second-order valence-corrected chi connectivity index (χ2v) is 0.408. The van der Waals surface area contributed by atoms with Crippen LogP contribution in [0.3, 0.4) is 0 Å². The van der Waals surface area contributed by atoms with Gasteiger partial charge in [-0.05, 0) is 6.92 Å². The summed E-state index contributed by atoms with van der Waals surface area (Å²) in [6.45, 7) is 5.25. The van der Waals surface area contributed by atoms with Gasteiger partial charge < -0.3 is 5.21 Å². The number of rotatable bonds is 0. The molecule has 0 bridgehead atoms. The van der Waals surface area contributed by atoms with Crippen molar-refractivity contribution in [3.8, 4) is 0 Å². The fraction of sp³-hybridized carbons (Fsp3) is 0.333. The van der Waals surface area contributed by atoms with Gasteiger partial charge in [-0.3, -0.25) is 0 Å². The summed E-state index contributed by atoms with van der Waals surface area (Å²) in [6, 6.07) is 0. The number of allylic oxidation sites excluding steroid dienone is 1.